The molecule has 3 heteroatoms. The third-order valence-electron chi connectivity index (χ3n) is 1.70. The molecule has 0 aliphatic heterocycles. The van der Waals surface area contributed by atoms with Gasteiger partial charge in [-0.05, 0) is 13.1 Å². The Labute approximate surface area is 96.2 Å². The molecule has 0 rings (SSSR count). The molecule has 15 heavy (non-hydrogen) atoms. The Kier molecular flexibility index (Phi) is 25.3. The highest BCUT2D eigenvalue weighted by atomic mass is 16.1. The zero-order valence-electron chi connectivity index (χ0n) is 11.7. The van der Waals surface area contributed by atoms with Crippen molar-refractivity contribution < 1.29 is 4.79 Å². The normalized spacial score (nSPS) is 8.27. The van der Waals surface area contributed by atoms with Crippen LogP contribution in [0.25, 0.3) is 0 Å². The summed E-state index contributed by atoms with van der Waals surface area (Å²) in [6.45, 7) is 17.6. The zero-order chi connectivity index (χ0) is 12.7. The maximum atomic E-state index is 10.5. The lowest BCUT2D eigenvalue weighted by molar-refractivity contribution is -0.119. The molecule has 94 valence electrons. The summed E-state index contributed by atoms with van der Waals surface area (Å²) in [4.78, 5) is 12.7. The molecule has 0 saturated carbocycles. The molecule has 0 aliphatic rings. The van der Waals surface area contributed by atoms with Crippen LogP contribution in [0.4, 0.5) is 0 Å². The minimum atomic E-state index is 0.0529. The van der Waals surface area contributed by atoms with Crippen molar-refractivity contribution in [2.45, 2.75) is 48.5 Å². The number of carbonyl (C=O) groups is 1. The van der Waals surface area contributed by atoms with E-state index in [4.69, 9.17) is 0 Å². The van der Waals surface area contributed by atoms with E-state index in [1.165, 1.54) is 0 Å². The first kappa shape index (κ1) is 19.9. The summed E-state index contributed by atoms with van der Waals surface area (Å²) in [5.41, 5.74) is 0. The van der Waals surface area contributed by atoms with Crippen LogP contribution < -0.4 is 5.32 Å². The van der Waals surface area contributed by atoms with Gasteiger partial charge in [-0.2, -0.15) is 0 Å². The van der Waals surface area contributed by atoms with Gasteiger partial charge in [-0.15, -0.1) is 0 Å². The van der Waals surface area contributed by atoms with E-state index < -0.39 is 0 Å². The summed E-state index contributed by atoms with van der Waals surface area (Å²) in [6.07, 6.45) is 0. The largest absolute Gasteiger partial charge is 0.355 e. The van der Waals surface area contributed by atoms with Crippen molar-refractivity contribution >= 4 is 5.91 Å². The van der Waals surface area contributed by atoms with E-state index in [1.807, 2.05) is 27.7 Å². The SMILES string of the molecule is CC.CC.CCN(CC)CCNC(C)=O. The van der Waals surface area contributed by atoms with E-state index in [1.54, 1.807) is 6.92 Å². The average Bonchev–Trinajstić information content (AvgIpc) is 2.29. The van der Waals surface area contributed by atoms with E-state index in [2.05, 4.69) is 24.1 Å². The summed E-state index contributed by atoms with van der Waals surface area (Å²) in [7, 11) is 0. The minimum Gasteiger partial charge on any atom is -0.355 e. The van der Waals surface area contributed by atoms with Gasteiger partial charge in [-0.1, -0.05) is 41.5 Å². The van der Waals surface area contributed by atoms with Crippen LogP contribution in [0, 0.1) is 0 Å². The molecule has 0 spiro atoms. The maximum Gasteiger partial charge on any atom is 0.216 e. The lowest BCUT2D eigenvalue weighted by Crippen LogP contribution is -2.33. The standard InChI is InChI=1S/C8H18N2O.2C2H6/c1-4-10(5-2)7-6-9-8(3)11;2*1-2/h4-7H2,1-3H3,(H,9,11);2*1-2H3. The van der Waals surface area contributed by atoms with Crippen molar-refractivity contribution in [1.82, 2.24) is 10.2 Å². The second kappa shape index (κ2) is 19.1. The summed E-state index contributed by atoms with van der Waals surface area (Å²) in [6, 6.07) is 0. The van der Waals surface area contributed by atoms with Gasteiger partial charge in [-0.3, -0.25) is 4.79 Å². The molecule has 0 bridgehead atoms. The van der Waals surface area contributed by atoms with Gasteiger partial charge < -0.3 is 10.2 Å². The first-order valence-electron chi connectivity index (χ1n) is 6.17. The molecule has 0 saturated heterocycles. The monoisotopic (exact) mass is 218 g/mol. The molecule has 1 amide bonds. The van der Waals surface area contributed by atoms with Gasteiger partial charge in [0.25, 0.3) is 0 Å². The molecule has 0 radical (unpaired) electrons. The molecule has 0 fully saturated rings. The summed E-state index contributed by atoms with van der Waals surface area (Å²) in [5, 5.41) is 2.76. The van der Waals surface area contributed by atoms with Crippen molar-refractivity contribution in [2.75, 3.05) is 26.2 Å². The van der Waals surface area contributed by atoms with Crippen LogP contribution in [0.2, 0.25) is 0 Å². The van der Waals surface area contributed by atoms with Gasteiger partial charge in [-0.25, -0.2) is 0 Å². The lowest BCUT2D eigenvalue weighted by Gasteiger charge is -2.17. The van der Waals surface area contributed by atoms with Crippen LogP contribution in [-0.4, -0.2) is 37.0 Å². The van der Waals surface area contributed by atoms with Gasteiger partial charge in [0.1, 0.15) is 0 Å². The highest BCUT2D eigenvalue weighted by Crippen LogP contribution is 1.83. The first-order valence-corrected chi connectivity index (χ1v) is 6.17. The molecule has 0 aromatic heterocycles. The Morgan fingerprint density at radius 3 is 1.73 bits per heavy atom. The smallest absolute Gasteiger partial charge is 0.216 e. The van der Waals surface area contributed by atoms with Crippen LogP contribution in [-0.2, 0) is 4.79 Å². The average molecular weight is 218 g/mol. The quantitative estimate of drug-likeness (QED) is 0.769. The van der Waals surface area contributed by atoms with Crippen molar-refractivity contribution in [1.29, 1.82) is 0 Å². The number of likely N-dealkylation sites (N-methyl/N-ethyl adjacent to an activating group) is 1. The van der Waals surface area contributed by atoms with E-state index in [-0.39, 0.29) is 5.91 Å². The van der Waals surface area contributed by atoms with Crippen molar-refractivity contribution in [3.8, 4) is 0 Å². The predicted octanol–water partition coefficient (Wildman–Crippen LogP) is 2.52. The molecule has 1 N–H and O–H groups in total. The van der Waals surface area contributed by atoms with Crippen molar-refractivity contribution in [3.63, 3.8) is 0 Å². The molecular formula is C12H30N2O. The Bertz CT molecular complexity index is 112. The first-order chi connectivity index (χ1) is 7.20. The lowest BCUT2D eigenvalue weighted by atomic mass is 10.4. The van der Waals surface area contributed by atoms with E-state index in [0.717, 1.165) is 26.2 Å². The number of hydrogen-bond donors (Lipinski definition) is 1. The molecule has 0 aliphatic carbocycles. The Morgan fingerprint density at radius 1 is 1.07 bits per heavy atom. The number of carbonyl (C=O) groups excluding carboxylic acids is 1. The van der Waals surface area contributed by atoms with Crippen LogP contribution in [0.15, 0.2) is 0 Å². The summed E-state index contributed by atoms with van der Waals surface area (Å²) in [5.74, 6) is 0.0529. The van der Waals surface area contributed by atoms with Gasteiger partial charge in [0.05, 0.1) is 0 Å². The van der Waals surface area contributed by atoms with Crippen LogP contribution in [0.1, 0.15) is 48.5 Å². The number of hydrogen-bond acceptors (Lipinski definition) is 2. The molecule has 0 atom stereocenters. The van der Waals surface area contributed by atoms with E-state index in [0.29, 0.717) is 0 Å². The molecule has 0 aromatic rings. The molecule has 0 aromatic carbocycles. The second-order valence-corrected chi connectivity index (χ2v) is 2.51. The number of amides is 1. The second-order valence-electron chi connectivity index (χ2n) is 2.51. The van der Waals surface area contributed by atoms with Crippen LogP contribution in [0.5, 0.6) is 0 Å². The topological polar surface area (TPSA) is 32.3 Å². The Morgan fingerprint density at radius 2 is 1.47 bits per heavy atom. The van der Waals surface area contributed by atoms with Crippen LogP contribution >= 0.6 is 0 Å². The zero-order valence-corrected chi connectivity index (χ0v) is 11.7. The van der Waals surface area contributed by atoms with Crippen LogP contribution in [0.3, 0.4) is 0 Å². The van der Waals surface area contributed by atoms with Gasteiger partial charge in [0.15, 0.2) is 0 Å². The molecule has 3 nitrogen and oxygen atoms in total. The van der Waals surface area contributed by atoms with Gasteiger partial charge >= 0.3 is 0 Å². The van der Waals surface area contributed by atoms with E-state index >= 15 is 0 Å². The third-order valence-corrected chi connectivity index (χ3v) is 1.70. The maximum absolute atomic E-state index is 10.5. The summed E-state index contributed by atoms with van der Waals surface area (Å²) >= 11 is 0. The third kappa shape index (κ3) is 19.7. The van der Waals surface area contributed by atoms with E-state index in [9.17, 15) is 4.79 Å². The molecular weight excluding hydrogens is 188 g/mol. The fourth-order valence-corrected chi connectivity index (χ4v) is 0.930. The predicted molar refractivity (Wildman–Crippen MR) is 69.2 cm³/mol. The van der Waals surface area contributed by atoms with Gasteiger partial charge in [0, 0.05) is 20.0 Å². The number of nitrogens with one attached hydrogen (secondary N) is 1. The summed E-state index contributed by atoms with van der Waals surface area (Å²) < 4.78 is 0. The Balaban J connectivity index is -0.000000318. The highest BCUT2D eigenvalue weighted by Gasteiger charge is 1.97. The Hall–Kier alpha value is -0.570. The minimum absolute atomic E-state index is 0.0529. The number of nitrogens with zero attached hydrogens (tertiary/aromatic N) is 1. The highest BCUT2D eigenvalue weighted by molar-refractivity contribution is 5.72. The fraction of sp³-hybridized carbons (Fsp3) is 0.917. The fourth-order valence-electron chi connectivity index (χ4n) is 0.930. The van der Waals surface area contributed by atoms with Crippen molar-refractivity contribution in [2.24, 2.45) is 0 Å². The number of rotatable bonds is 5. The van der Waals surface area contributed by atoms with Gasteiger partial charge in [0.2, 0.25) is 5.91 Å². The molecule has 0 unspecified atom stereocenters. The molecule has 0 heterocycles. The van der Waals surface area contributed by atoms with Crippen molar-refractivity contribution in [3.05, 3.63) is 0 Å².